The zero-order valence-corrected chi connectivity index (χ0v) is 19.8. The second kappa shape index (κ2) is 9.18. The first-order chi connectivity index (χ1) is 16.5. The van der Waals surface area contributed by atoms with Crippen molar-refractivity contribution in [1.82, 2.24) is 15.3 Å². The molecule has 172 valence electrons. The topological polar surface area (TPSA) is 61.0 Å². The van der Waals surface area contributed by atoms with E-state index in [4.69, 9.17) is 4.98 Å². The lowest BCUT2D eigenvalue weighted by Crippen LogP contribution is -2.33. The molecule has 3 aromatic carbocycles. The summed E-state index contributed by atoms with van der Waals surface area (Å²) in [6, 6.07) is 26.1. The highest BCUT2D eigenvalue weighted by Crippen LogP contribution is 2.38. The predicted octanol–water partition coefficient (Wildman–Crippen LogP) is 6.22. The van der Waals surface area contributed by atoms with Gasteiger partial charge in [-0.15, -0.1) is 0 Å². The van der Waals surface area contributed by atoms with Gasteiger partial charge >= 0.3 is 0 Å². The Morgan fingerprint density at radius 2 is 1.76 bits per heavy atom. The van der Waals surface area contributed by atoms with Crippen LogP contribution in [-0.2, 0) is 4.79 Å². The highest BCUT2D eigenvalue weighted by atomic mass is 16.2. The lowest BCUT2D eigenvalue weighted by molar-refractivity contribution is -0.113. The van der Waals surface area contributed by atoms with Crippen LogP contribution in [-0.4, -0.2) is 15.9 Å². The maximum atomic E-state index is 13.3. The molecule has 34 heavy (non-hydrogen) atoms. The number of carbonyl (C=O) groups is 1. The summed E-state index contributed by atoms with van der Waals surface area (Å²) in [5.41, 5.74) is 5.95. The van der Waals surface area contributed by atoms with Crippen molar-refractivity contribution in [2.24, 2.45) is 5.92 Å². The van der Waals surface area contributed by atoms with Gasteiger partial charge in [0, 0.05) is 17.5 Å². The van der Waals surface area contributed by atoms with Crippen LogP contribution >= 0.6 is 0 Å². The van der Waals surface area contributed by atoms with Gasteiger partial charge in [-0.25, -0.2) is 4.98 Å². The average Bonchev–Trinajstić information content (AvgIpc) is 3.39. The molecule has 1 aliphatic heterocycles. The molecule has 0 bridgehead atoms. The van der Waals surface area contributed by atoms with E-state index in [1.807, 2.05) is 59.5 Å². The van der Waals surface area contributed by atoms with Gasteiger partial charge in [-0.3, -0.25) is 9.69 Å². The van der Waals surface area contributed by atoms with Crippen molar-refractivity contribution in [3.05, 3.63) is 108 Å². The van der Waals surface area contributed by atoms with Crippen molar-refractivity contribution in [3.8, 4) is 0 Å². The normalized spacial score (nSPS) is 16.8. The lowest BCUT2D eigenvalue weighted by atomic mass is 9.99. The van der Waals surface area contributed by atoms with E-state index in [9.17, 15) is 4.79 Å². The number of hydrogen-bond acceptors (Lipinski definition) is 3. The first-order valence-corrected chi connectivity index (χ1v) is 11.9. The molecule has 1 aliphatic rings. The third kappa shape index (κ3) is 4.34. The van der Waals surface area contributed by atoms with E-state index in [-0.39, 0.29) is 18.0 Å². The molecule has 1 amide bonds. The number of fused-ring (bicyclic) bond motifs is 1. The Hall–Kier alpha value is -3.86. The third-order valence-electron chi connectivity index (χ3n) is 6.25. The quantitative estimate of drug-likeness (QED) is 0.351. The van der Waals surface area contributed by atoms with Crippen LogP contribution in [0.1, 0.15) is 49.3 Å². The van der Waals surface area contributed by atoms with Gasteiger partial charge in [-0.2, -0.15) is 0 Å². The molecule has 5 rings (SSSR count). The second-order valence-corrected chi connectivity index (χ2v) is 9.43. The Labute approximate surface area is 200 Å². The molecule has 0 radical (unpaired) electrons. The summed E-state index contributed by atoms with van der Waals surface area (Å²) in [7, 11) is 0. The van der Waals surface area contributed by atoms with E-state index in [1.165, 1.54) is 0 Å². The summed E-state index contributed by atoms with van der Waals surface area (Å²) in [6.07, 6.45) is 2.63. The molecule has 0 spiro atoms. The number of H-pyrrole nitrogens is 1. The molecule has 2 N–H and O–H groups in total. The summed E-state index contributed by atoms with van der Waals surface area (Å²) in [5, 5.41) is 3.72. The molecule has 0 fully saturated rings. The van der Waals surface area contributed by atoms with E-state index >= 15 is 0 Å². The monoisotopic (exact) mass is 450 g/mol. The van der Waals surface area contributed by atoms with Crippen LogP contribution in [0.15, 0.2) is 90.6 Å². The van der Waals surface area contributed by atoms with Gasteiger partial charge in [-0.05, 0) is 54.7 Å². The van der Waals surface area contributed by atoms with Gasteiger partial charge in [0.15, 0.2) is 0 Å². The minimum Gasteiger partial charge on any atom is -0.376 e. The number of nitrogens with one attached hydrogen (secondary N) is 2. The summed E-state index contributed by atoms with van der Waals surface area (Å²) >= 11 is 0. The number of benzene rings is 3. The standard InChI is InChI=1S/C29H30N4O/c1-19(2)16-26(29-31-23-14-7-8-15-24(23)32-29)30-25-18-27(34)33(22-13-9-10-20(3)17-22)28(25)21-11-5-4-6-12-21/h4-15,17-19,26,28,30H,16H2,1-3H3,(H,31,32). The number of amides is 1. The van der Waals surface area contributed by atoms with Gasteiger partial charge < -0.3 is 10.3 Å². The molecule has 1 aromatic heterocycles. The number of anilines is 1. The van der Waals surface area contributed by atoms with Gasteiger partial charge in [0.05, 0.1) is 17.1 Å². The largest absolute Gasteiger partial charge is 0.376 e. The van der Waals surface area contributed by atoms with Gasteiger partial charge in [0.1, 0.15) is 11.9 Å². The van der Waals surface area contributed by atoms with E-state index in [2.05, 4.69) is 55.3 Å². The van der Waals surface area contributed by atoms with Crippen LogP contribution in [0.5, 0.6) is 0 Å². The number of aromatic amines is 1. The van der Waals surface area contributed by atoms with Crippen LogP contribution in [0.3, 0.4) is 0 Å². The first kappa shape index (κ1) is 22.0. The Bertz CT molecular complexity index is 1310. The average molecular weight is 451 g/mol. The SMILES string of the molecule is Cc1cccc(N2C(=O)C=C(NC(CC(C)C)c3nc4ccccc4[nH]3)C2c2ccccc2)c1. The number of aromatic nitrogens is 2. The maximum absolute atomic E-state index is 13.3. The number of imidazole rings is 1. The summed E-state index contributed by atoms with van der Waals surface area (Å²) < 4.78 is 0. The number of carbonyl (C=O) groups excluding carboxylic acids is 1. The van der Waals surface area contributed by atoms with Crippen molar-refractivity contribution < 1.29 is 4.79 Å². The Balaban J connectivity index is 1.54. The molecule has 2 heterocycles. The van der Waals surface area contributed by atoms with E-state index in [1.54, 1.807) is 6.08 Å². The fourth-order valence-electron chi connectivity index (χ4n) is 4.74. The van der Waals surface area contributed by atoms with Crippen LogP contribution in [0.25, 0.3) is 11.0 Å². The minimum atomic E-state index is -0.227. The van der Waals surface area contributed by atoms with Crippen molar-refractivity contribution in [3.63, 3.8) is 0 Å². The van der Waals surface area contributed by atoms with Gasteiger partial charge in [-0.1, -0.05) is 68.4 Å². The van der Waals surface area contributed by atoms with Gasteiger partial charge in [0.2, 0.25) is 0 Å². The van der Waals surface area contributed by atoms with E-state index < -0.39 is 0 Å². The molecule has 5 heteroatoms. The number of para-hydroxylation sites is 2. The minimum absolute atomic E-state index is 0.0187. The molecule has 4 aromatic rings. The molecule has 0 aliphatic carbocycles. The van der Waals surface area contributed by atoms with Gasteiger partial charge in [0.25, 0.3) is 5.91 Å². The molecule has 2 unspecified atom stereocenters. The van der Waals surface area contributed by atoms with E-state index in [0.717, 1.165) is 45.8 Å². The second-order valence-electron chi connectivity index (χ2n) is 9.43. The summed E-state index contributed by atoms with van der Waals surface area (Å²) in [5.74, 6) is 1.32. The van der Waals surface area contributed by atoms with Crippen molar-refractivity contribution in [2.45, 2.75) is 39.3 Å². The Kier molecular flexibility index (Phi) is 5.93. The zero-order chi connectivity index (χ0) is 23.7. The van der Waals surface area contributed by atoms with Crippen molar-refractivity contribution >= 4 is 22.6 Å². The van der Waals surface area contributed by atoms with Crippen LogP contribution in [0.2, 0.25) is 0 Å². The Morgan fingerprint density at radius 1 is 1.00 bits per heavy atom. The number of rotatable bonds is 7. The fourth-order valence-corrected chi connectivity index (χ4v) is 4.74. The van der Waals surface area contributed by atoms with Crippen LogP contribution in [0, 0.1) is 12.8 Å². The fraction of sp³-hybridized carbons (Fsp3) is 0.241. The lowest BCUT2D eigenvalue weighted by Gasteiger charge is -2.30. The molecule has 0 saturated heterocycles. The van der Waals surface area contributed by atoms with Crippen LogP contribution < -0.4 is 10.2 Å². The first-order valence-electron chi connectivity index (χ1n) is 11.9. The summed E-state index contributed by atoms with van der Waals surface area (Å²) in [6.45, 7) is 6.47. The molecular formula is C29H30N4O. The third-order valence-corrected chi connectivity index (χ3v) is 6.25. The molecular weight excluding hydrogens is 420 g/mol. The van der Waals surface area contributed by atoms with Crippen LogP contribution in [0.4, 0.5) is 5.69 Å². The predicted molar refractivity (Wildman–Crippen MR) is 137 cm³/mol. The number of hydrogen-bond donors (Lipinski definition) is 2. The van der Waals surface area contributed by atoms with E-state index in [0.29, 0.717) is 5.92 Å². The number of aryl methyl sites for hydroxylation is 1. The van der Waals surface area contributed by atoms with Crippen molar-refractivity contribution in [1.29, 1.82) is 0 Å². The highest BCUT2D eigenvalue weighted by Gasteiger charge is 2.36. The molecule has 0 saturated carbocycles. The Morgan fingerprint density at radius 3 is 2.50 bits per heavy atom. The number of nitrogens with zero attached hydrogens (tertiary/aromatic N) is 2. The summed E-state index contributed by atoms with van der Waals surface area (Å²) in [4.78, 5) is 23.6. The van der Waals surface area contributed by atoms with Crippen molar-refractivity contribution in [2.75, 3.05) is 4.90 Å². The highest BCUT2D eigenvalue weighted by molar-refractivity contribution is 6.06. The molecule has 2 atom stereocenters. The zero-order valence-electron chi connectivity index (χ0n) is 19.8. The smallest absolute Gasteiger partial charge is 0.253 e. The maximum Gasteiger partial charge on any atom is 0.253 e. The molecule has 5 nitrogen and oxygen atoms in total.